The van der Waals surface area contributed by atoms with E-state index in [0.29, 0.717) is 18.1 Å². The first kappa shape index (κ1) is 23.5. The summed E-state index contributed by atoms with van der Waals surface area (Å²) in [5.41, 5.74) is 0.528. The number of rotatable bonds is 4. The topological polar surface area (TPSA) is 105 Å². The minimum absolute atomic E-state index is 0.0152. The molecule has 0 aliphatic carbocycles. The number of hydrogen-bond donors (Lipinski definition) is 1. The Kier molecular flexibility index (Phi) is 5.66. The molecule has 1 N–H and O–H groups in total. The highest BCUT2D eigenvalue weighted by Crippen LogP contribution is 2.50. The monoisotopic (exact) mass is 504 g/mol. The molecule has 0 spiro atoms. The lowest BCUT2D eigenvalue weighted by Crippen LogP contribution is -2.48. The molecule has 1 fully saturated rings. The van der Waals surface area contributed by atoms with E-state index in [1.807, 2.05) is 6.20 Å². The smallest absolute Gasteiger partial charge is 0.352 e. The molecule has 1 saturated heterocycles. The van der Waals surface area contributed by atoms with E-state index >= 15 is 0 Å². The second-order valence-electron chi connectivity index (χ2n) is 9.24. The predicted molar refractivity (Wildman–Crippen MR) is 125 cm³/mol. The molecule has 184 valence electrons. The van der Waals surface area contributed by atoms with Crippen LogP contribution in [0.4, 0.5) is 19.0 Å². The Morgan fingerprint density at radius 2 is 1.94 bits per heavy atom. The lowest BCUT2D eigenvalue weighted by Gasteiger charge is -2.44. The summed E-state index contributed by atoms with van der Waals surface area (Å²) in [4.78, 5) is 18.7. The van der Waals surface area contributed by atoms with Crippen molar-refractivity contribution in [2.45, 2.75) is 37.1 Å². The van der Waals surface area contributed by atoms with E-state index in [9.17, 15) is 17.7 Å². The molecule has 0 aromatic carbocycles. The van der Waals surface area contributed by atoms with Crippen LogP contribution in [-0.2, 0) is 10.7 Å². The normalized spacial score (nSPS) is 21.5. The lowest BCUT2D eigenvalue weighted by molar-refractivity contribution is -0.141. The molecular formula is C22H24F3N8OP. The first-order chi connectivity index (χ1) is 16.5. The second kappa shape index (κ2) is 8.44. The van der Waals surface area contributed by atoms with Gasteiger partial charge in [0.1, 0.15) is 11.5 Å². The maximum atomic E-state index is 13.2. The van der Waals surface area contributed by atoms with E-state index in [1.165, 1.54) is 10.6 Å². The van der Waals surface area contributed by atoms with Gasteiger partial charge in [-0.3, -0.25) is 9.50 Å². The van der Waals surface area contributed by atoms with E-state index in [2.05, 4.69) is 37.0 Å². The van der Waals surface area contributed by atoms with Gasteiger partial charge in [0.2, 0.25) is 0 Å². The van der Waals surface area contributed by atoms with Crippen LogP contribution in [0, 0.1) is 0 Å². The SMILES string of the molecule is CC1C(c2cn[nH]c2)CC(P(C)(C)=O)CN1c1ccnc(-c2cnc3cnc(C(F)(F)F)cn23)n1. The number of piperidine rings is 1. The Balaban J connectivity index is 1.55. The van der Waals surface area contributed by atoms with Crippen molar-refractivity contribution in [2.24, 2.45) is 0 Å². The van der Waals surface area contributed by atoms with E-state index in [0.717, 1.165) is 24.4 Å². The number of alkyl halides is 3. The number of imidazole rings is 1. The Bertz CT molecular complexity index is 1400. The Hall–Kier alpha value is -3.27. The number of nitrogens with one attached hydrogen (secondary N) is 1. The molecule has 0 bridgehead atoms. The van der Waals surface area contributed by atoms with Gasteiger partial charge in [-0.2, -0.15) is 18.3 Å². The van der Waals surface area contributed by atoms with Crippen LogP contribution in [0.15, 0.2) is 43.2 Å². The first-order valence-electron chi connectivity index (χ1n) is 11.1. The first-order valence-corrected chi connectivity index (χ1v) is 13.7. The molecular weight excluding hydrogens is 480 g/mol. The predicted octanol–water partition coefficient (Wildman–Crippen LogP) is 4.30. The Morgan fingerprint density at radius 1 is 1.14 bits per heavy atom. The van der Waals surface area contributed by atoms with Crippen LogP contribution < -0.4 is 4.90 Å². The molecule has 4 aromatic heterocycles. The van der Waals surface area contributed by atoms with Crippen molar-refractivity contribution in [3.8, 4) is 11.5 Å². The molecule has 9 nitrogen and oxygen atoms in total. The molecule has 0 amide bonds. The molecule has 1 aliphatic rings. The number of aromatic nitrogens is 7. The van der Waals surface area contributed by atoms with Crippen molar-refractivity contribution in [1.29, 1.82) is 0 Å². The fourth-order valence-corrected chi connectivity index (χ4v) is 5.94. The summed E-state index contributed by atoms with van der Waals surface area (Å²) in [5.74, 6) is 0.921. The molecule has 13 heteroatoms. The summed E-state index contributed by atoms with van der Waals surface area (Å²) in [7, 11) is -2.42. The number of hydrogen-bond acceptors (Lipinski definition) is 7. The van der Waals surface area contributed by atoms with Gasteiger partial charge in [0.25, 0.3) is 0 Å². The molecule has 4 aromatic rings. The van der Waals surface area contributed by atoms with Crippen LogP contribution in [0.3, 0.4) is 0 Å². The fraction of sp³-hybridized carbons (Fsp3) is 0.409. The number of aromatic amines is 1. The highest BCUT2D eigenvalue weighted by molar-refractivity contribution is 7.63. The van der Waals surface area contributed by atoms with Gasteiger partial charge in [-0.1, -0.05) is 0 Å². The zero-order chi connectivity index (χ0) is 25.0. The van der Waals surface area contributed by atoms with Crippen molar-refractivity contribution in [3.63, 3.8) is 0 Å². The third-order valence-electron chi connectivity index (χ3n) is 6.68. The third kappa shape index (κ3) is 4.42. The molecule has 1 aliphatic heterocycles. The largest absolute Gasteiger partial charge is 0.434 e. The van der Waals surface area contributed by atoms with Crippen LogP contribution in [0.5, 0.6) is 0 Å². The summed E-state index contributed by atoms with van der Waals surface area (Å²) < 4.78 is 54.1. The van der Waals surface area contributed by atoms with Gasteiger partial charge >= 0.3 is 6.18 Å². The summed E-state index contributed by atoms with van der Waals surface area (Å²) in [5, 5.41) is 6.94. The highest BCUT2D eigenvalue weighted by Gasteiger charge is 2.40. The van der Waals surface area contributed by atoms with E-state index < -0.39 is 19.0 Å². The van der Waals surface area contributed by atoms with Gasteiger partial charge in [-0.05, 0) is 38.3 Å². The maximum absolute atomic E-state index is 13.2. The number of anilines is 1. The Morgan fingerprint density at radius 3 is 2.63 bits per heavy atom. The maximum Gasteiger partial charge on any atom is 0.434 e. The number of H-pyrrole nitrogens is 1. The minimum Gasteiger partial charge on any atom is -0.352 e. The van der Waals surface area contributed by atoms with Gasteiger partial charge < -0.3 is 9.46 Å². The molecule has 35 heavy (non-hydrogen) atoms. The summed E-state index contributed by atoms with van der Waals surface area (Å²) in [6.45, 7) is 6.23. The lowest BCUT2D eigenvalue weighted by atomic mass is 9.85. The van der Waals surface area contributed by atoms with E-state index in [4.69, 9.17) is 4.98 Å². The Labute approximate surface area is 199 Å². The van der Waals surface area contributed by atoms with E-state index in [-0.39, 0.29) is 29.1 Å². The quantitative estimate of drug-likeness (QED) is 0.413. The number of halogens is 3. The fourth-order valence-electron chi connectivity index (χ4n) is 4.64. The number of fused-ring (bicyclic) bond motifs is 1. The zero-order valence-electron chi connectivity index (χ0n) is 19.3. The summed E-state index contributed by atoms with van der Waals surface area (Å²) in [6.07, 6.45) is 4.79. The molecule has 0 saturated carbocycles. The average molecular weight is 504 g/mol. The van der Waals surface area contributed by atoms with Crippen LogP contribution >= 0.6 is 7.14 Å². The van der Waals surface area contributed by atoms with Gasteiger partial charge in [0.05, 0.1) is 25.7 Å². The zero-order valence-corrected chi connectivity index (χ0v) is 20.2. The van der Waals surface area contributed by atoms with E-state index in [1.54, 1.807) is 31.8 Å². The van der Waals surface area contributed by atoms with Gasteiger partial charge in [0, 0.05) is 42.8 Å². The molecule has 5 heterocycles. The van der Waals surface area contributed by atoms with Crippen LogP contribution in [0.2, 0.25) is 0 Å². The summed E-state index contributed by atoms with van der Waals surface area (Å²) >= 11 is 0. The van der Waals surface area contributed by atoms with Gasteiger partial charge in [-0.15, -0.1) is 0 Å². The van der Waals surface area contributed by atoms with Crippen molar-refractivity contribution < 1.29 is 17.7 Å². The van der Waals surface area contributed by atoms with Crippen LogP contribution in [-0.4, -0.2) is 66.1 Å². The second-order valence-corrected chi connectivity index (χ2v) is 12.8. The van der Waals surface area contributed by atoms with Gasteiger partial charge in [0.15, 0.2) is 17.2 Å². The van der Waals surface area contributed by atoms with Crippen molar-refractivity contribution in [3.05, 3.63) is 54.5 Å². The van der Waals surface area contributed by atoms with Crippen LogP contribution in [0.1, 0.15) is 30.5 Å². The third-order valence-corrected chi connectivity index (χ3v) is 8.82. The van der Waals surface area contributed by atoms with Crippen molar-refractivity contribution in [1.82, 2.24) is 34.5 Å². The molecule has 5 rings (SSSR count). The van der Waals surface area contributed by atoms with Crippen LogP contribution in [0.25, 0.3) is 17.2 Å². The molecule has 3 atom stereocenters. The molecule has 3 unspecified atom stereocenters. The minimum atomic E-state index is -4.59. The average Bonchev–Trinajstić information content (AvgIpc) is 3.48. The number of nitrogens with zero attached hydrogens (tertiary/aromatic N) is 7. The van der Waals surface area contributed by atoms with Crippen molar-refractivity contribution in [2.75, 3.05) is 24.8 Å². The highest BCUT2D eigenvalue weighted by atomic mass is 31.2. The van der Waals surface area contributed by atoms with Gasteiger partial charge in [-0.25, -0.2) is 19.9 Å². The standard InChI is InChI=1S/C22H24F3N8OP/c1-13-16(14-7-29-30-8-14)6-15(35(2,3)34)11-32(13)19-4-5-26-21(31-19)17-9-28-20-10-27-18(12-33(17)20)22(23,24)25/h4-5,7-10,12-13,15-16H,6,11H2,1-3H3,(H,29,30). The summed E-state index contributed by atoms with van der Waals surface area (Å²) in [6, 6.07) is 1.78. The molecule has 0 radical (unpaired) electrons. The van der Waals surface area contributed by atoms with Crippen molar-refractivity contribution >= 4 is 18.6 Å².